The van der Waals surface area contributed by atoms with E-state index in [1.165, 1.54) is 6.20 Å². The summed E-state index contributed by atoms with van der Waals surface area (Å²) in [5.74, 6) is -3.98. The van der Waals surface area contributed by atoms with Crippen LogP contribution in [0.1, 0.15) is 69.2 Å². The average Bonchev–Trinajstić information content (AvgIpc) is 4.00. The minimum atomic E-state index is -4.36. The highest BCUT2D eigenvalue weighted by Crippen LogP contribution is 2.33. The smallest absolute Gasteiger partial charge is 0.301 e. The van der Waals surface area contributed by atoms with Crippen LogP contribution in [0.4, 0.5) is 24.5 Å². The van der Waals surface area contributed by atoms with Crippen LogP contribution in [0, 0.1) is 11.6 Å². The molecule has 3 fully saturated rings. The Morgan fingerprint density at radius 2 is 1.76 bits per heavy atom. The van der Waals surface area contributed by atoms with E-state index in [-0.39, 0.29) is 30.3 Å². The van der Waals surface area contributed by atoms with Gasteiger partial charge in [0.05, 0.1) is 17.4 Å². The SMILES string of the molecule is C=C1CC[C@@H](N2Cc3cc([C@@H](O)CCN4CCN(c5ccc(-c6cnc7[nH]cc(C(=O)c8c(F)ccc(NS(=O)(=O)N9CC[C@@H](F)C9)c8F)c7c6)cc5)CC4)ccc3C2=O)C(=O)N1. The molecule has 5 aromatic rings. The van der Waals surface area contributed by atoms with E-state index in [9.17, 15) is 32.3 Å². The van der Waals surface area contributed by atoms with E-state index in [0.29, 0.717) is 60.2 Å². The van der Waals surface area contributed by atoms with Crippen LogP contribution in [-0.2, 0) is 21.5 Å². The van der Waals surface area contributed by atoms with Gasteiger partial charge < -0.3 is 25.2 Å². The molecule has 4 aliphatic rings. The Hall–Kier alpha value is -6.08. The molecule has 0 saturated carbocycles. The minimum absolute atomic E-state index is 0.00207. The molecule has 0 aliphatic carbocycles. The number of anilines is 2. The number of fused-ring (bicyclic) bond motifs is 2. The summed E-state index contributed by atoms with van der Waals surface area (Å²) < 4.78 is 73.0. The van der Waals surface area contributed by atoms with Crippen molar-refractivity contribution in [3.05, 3.63) is 125 Å². The number of aromatic amines is 1. The van der Waals surface area contributed by atoms with Crippen LogP contribution >= 0.6 is 0 Å². The van der Waals surface area contributed by atoms with Gasteiger partial charge in [-0.25, -0.2) is 18.2 Å². The van der Waals surface area contributed by atoms with Crippen LogP contribution in [0.3, 0.4) is 0 Å². The molecule has 328 valence electrons. The van der Waals surface area contributed by atoms with Gasteiger partial charge in [-0.1, -0.05) is 30.8 Å². The van der Waals surface area contributed by atoms with E-state index < -0.39 is 63.7 Å². The van der Waals surface area contributed by atoms with E-state index in [4.69, 9.17) is 0 Å². The molecule has 3 atom stereocenters. The number of benzene rings is 3. The Bertz CT molecular complexity index is 2760. The molecule has 0 spiro atoms. The molecule has 3 aromatic carbocycles. The fourth-order valence-electron chi connectivity index (χ4n) is 8.88. The Morgan fingerprint density at radius 3 is 2.49 bits per heavy atom. The first-order valence-corrected chi connectivity index (χ1v) is 22.3. The van der Waals surface area contributed by atoms with Crippen LogP contribution in [-0.4, -0.2) is 113 Å². The summed E-state index contributed by atoms with van der Waals surface area (Å²) in [6.07, 6.45) is 2.53. The van der Waals surface area contributed by atoms with Gasteiger partial charge in [0.1, 0.15) is 23.7 Å². The van der Waals surface area contributed by atoms with Gasteiger partial charge in [0, 0.05) is 98.2 Å². The fraction of sp³-hybridized carbons (Fsp3) is 0.333. The van der Waals surface area contributed by atoms with Crippen molar-refractivity contribution >= 4 is 50.2 Å². The van der Waals surface area contributed by atoms with Crippen molar-refractivity contribution in [2.45, 2.75) is 50.5 Å². The summed E-state index contributed by atoms with van der Waals surface area (Å²) in [4.78, 5) is 52.9. The lowest BCUT2D eigenvalue weighted by Gasteiger charge is -2.36. The van der Waals surface area contributed by atoms with Crippen molar-refractivity contribution in [3.8, 4) is 11.1 Å². The number of rotatable bonds is 12. The molecule has 3 saturated heterocycles. The number of hydrogen-bond donors (Lipinski definition) is 4. The van der Waals surface area contributed by atoms with Crippen molar-refractivity contribution < 1.29 is 41.1 Å². The molecule has 0 bridgehead atoms. The molecule has 18 heteroatoms. The number of allylic oxidation sites excluding steroid dienone is 1. The molecule has 4 N–H and O–H groups in total. The van der Waals surface area contributed by atoms with Crippen LogP contribution in [0.5, 0.6) is 0 Å². The third-order valence-electron chi connectivity index (χ3n) is 12.5. The lowest BCUT2D eigenvalue weighted by atomic mass is 9.99. The molecular formula is C45H45F3N8O6S. The maximum atomic E-state index is 15.7. The standard InChI is InChI=1S/C45H45F3N8O6S/c1-26-2-11-38(44(59)51-26)56-24-30-20-28(5-8-33(30)45(56)60)39(57)13-14-53-16-18-54(19-17-53)32-6-3-27(4-7-32)29-21-34-35(23-50-43(34)49-22-29)42(58)40-36(47)9-10-37(41(40)48)52-63(61,62)55-15-12-31(46)25-55/h3-10,20-23,31,38-39,52,57H,1-2,11-19,24-25H2,(H,49,50)(H,51,59)/t31-,38-,39+/m1/s1. The Labute approximate surface area is 361 Å². The molecule has 6 heterocycles. The van der Waals surface area contributed by atoms with Crippen molar-refractivity contribution in [2.24, 2.45) is 0 Å². The summed E-state index contributed by atoms with van der Waals surface area (Å²) in [6.45, 7) is 7.45. The number of hydrogen-bond acceptors (Lipinski definition) is 9. The third-order valence-corrected chi connectivity index (χ3v) is 14.0. The van der Waals surface area contributed by atoms with Crippen molar-refractivity contribution in [1.29, 1.82) is 0 Å². The van der Waals surface area contributed by atoms with E-state index in [2.05, 4.69) is 31.7 Å². The second-order valence-electron chi connectivity index (χ2n) is 16.5. The van der Waals surface area contributed by atoms with Crippen molar-refractivity contribution in [3.63, 3.8) is 0 Å². The Balaban J connectivity index is 0.807. The van der Waals surface area contributed by atoms with Gasteiger partial charge >= 0.3 is 10.2 Å². The molecule has 63 heavy (non-hydrogen) atoms. The number of amides is 2. The topological polar surface area (TPSA) is 171 Å². The Morgan fingerprint density at radius 1 is 0.984 bits per heavy atom. The highest BCUT2D eigenvalue weighted by atomic mass is 32.2. The number of carbonyl (C=O) groups is 3. The van der Waals surface area contributed by atoms with Gasteiger partial charge in [0.15, 0.2) is 5.82 Å². The lowest BCUT2D eigenvalue weighted by molar-refractivity contribution is -0.126. The van der Waals surface area contributed by atoms with Crippen molar-refractivity contribution in [1.82, 2.24) is 29.4 Å². The fourth-order valence-corrected chi connectivity index (χ4v) is 10.1. The van der Waals surface area contributed by atoms with Crippen LogP contribution in [0.15, 0.2) is 85.3 Å². The summed E-state index contributed by atoms with van der Waals surface area (Å²) in [5, 5.41) is 14.2. The van der Waals surface area contributed by atoms with Gasteiger partial charge in [-0.2, -0.15) is 12.7 Å². The van der Waals surface area contributed by atoms with Gasteiger partial charge in [-0.05, 0) is 78.8 Å². The predicted molar refractivity (Wildman–Crippen MR) is 230 cm³/mol. The highest BCUT2D eigenvalue weighted by molar-refractivity contribution is 7.90. The van der Waals surface area contributed by atoms with E-state index in [1.54, 1.807) is 29.3 Å². The lowest BCUT2D eigenvalue weighted by Crippen LogP contribution is -2.49. The number of carbonyl (C=O) groups excluding carboxylic acids is 3. The quantitative estimate of drug-likeness (QED) is 0.119. The average molecular weight is 883 g/mol. The number of halogens is 3. The summed E-state index contributed by atoms with van der Waals surface area (Å²) >= 11 is 0. The Kier molecular flexibility index (Phi) is 11.3. The number of piperazine rings is 1. The zero-order chi connectivity index (χ0) is 44.2. The number of nitrogens with zero attached hydrogens (tertiary/aromatic N) is 5. The van der Waals surface area contributed by atoms with E-state index in [1.807, 2.05) is 35.1 Å². The number of pyridine rings is 1. The number of ketones is 1. The second kappa shape index (κ2) is 16.9. The molecule has 14 nitrogen and oxygen atoms in total. The van der Waals surface area contributed by atoms with Crippen molar-refractivity contribution in [2.75, 3.05) is 55.4 Å². The van der Waals surface area contributed by atoms with Crippen LogP contribution in [0.25, 0.3) is 22.2 Å². The number of aliphatic hydroxyl groups excluding tert-OH is 1. The predicted octanol–water partition coefficient (Wildman–Crippen LogP) is 5.43. The highest BCUT2D eigenvalue weighted by Gasteiger charge is 2.38. The first-order valence-electron chi connectivity index (χ1n) is 20.8. The molecule has 0 unspecified atom stereocenters. The number of aliphatic hydroxyl groups is 1. The molecule has 0 radical (unpaired) electrons. The molecule has 9 rings (SSSR count). The molecule has 2 amide bonds. The summed E-state index contributed by atoms with van der Waals surface area (Å²) in [5.41, 5.74) is 3.90. The minimum Gasteiger partial charge on any atom is -0.388 e. The maximum Gasteiger partial charge on any atom is 0.301 e. The van der Waals surface area contributed by atoms with Gasteiger partial charge in [-0.15, -0.1) is 0 Å². The van der Waals surface area contributed by atoms with Crippen LogP contribution < -0.4 is 14.9 Å². The molecule has 2 aromatic heterocycles. The van der Waals surface area contributed by atoms with Gasteiger partial charge in [0.2, 0.25) is 11.7 Å². The maximum absolute atomic E-state index is 15.7. The first-order chi connectivity index (χ1) is 30.2. The summed E-state index contributed by atoms with van der Waals surface area (Å²) in [6, 6.07) is 16.1. The monoisotopic (exact) mass is 882 g/mol. The number of piperidine rings is 1. The first kappa shape index (κ1) is 42.2. The molecule has 4 aliphatic heterocycles. The largest absolute Gasteiger partial charge is 0.388 e. The molecular weight excluding hydrogens is 838 g/mol. The number of nitrogens with one attached hydrogen (secondary N) is 3. The normalized spacial score (nSPS) is 20.3. The number of aromatic nitrogens is 2. The van der Waals surface area contributed by atoms with E-state index >= 15 is 8.78 Å². The zero-order valence-electron chi connectivity index (χ0n) is 34.1. The van der Waals surface area contributed by atoms with E-state index in [0.717, 1.165) is 65.0 Å². The third kappa shape index (κ3) is 8.30. The van der Waals surface area contributed by atoms with Crippen LogP contribution in [0.2, 0.25) is 0 Å². The second-order valence-corrected chi connectivity index (χ2v) is 18.1. The number of H-pyrrole nitrogens is 1. The summed E-state index contributed by atoms with van der Waals surface area (Å²) in [7, 11) is -4.36. The zero-order valence-corrected chi connectivity index (χ0v) is 34.9. The van der Waals surface area contributed by atoms with Gasteiger partial charge in [0.25, 0.3) is 5.91 Å². The number of alkyl halides is 1. The van der Waals surface area contributed by atoms with Gasteiger partial charge in [-0.3, -0.25) is 24.0 Å².